The first-order chi connectivity index (χ1) is 15.1. The summed E-state index contributed by atoms with van der Waals surface area (Å²) in [7, 11) is -2.73. The highest BCUT2D eigenvalue weighted by Gasteiger charge is 2.29. The molecule has 170 valence electrons. The summed E-state index contributed by atoms with van der Waals surface area (Å²) < 4.78 is 46.4. The zero-order valence-electron chi connectivity index (χ0n) is 18.5. The van der Waals surface area contributed by atoms with Crippen LogP contribution in [0.15, 0.2) is 47.4 Å². The summed E-state index contributed by atoms with van der Waals surface area (Å²) in [4.78, 5) is 17.5. The molecule has 0 saturated heterocycles. The number of rotatable bonds is 7. The Bertz CT molecular complexity index is 1240. The lowest BCUT2D eigenvalue weighted by Crippen LogP contribution is -2.31. The van der Waals surface area contributed by atoms with E-state index >= 15 is 0 Å². The Labute approximate surface area is 191 Å². The third-order valence-electron chi connectivity index (χ3n) is 5.03. The number of hydrogen-bond donors (Lipinski definition) is 0. The Balaban J connectivity index is 2.07. The van der Waals surface area contributed by atoms with Crippen molar-refractivity contribution in [3.05, 3.63) is 64.3 Å². The standard InChI is InChI=1S/C23H25FN2O4S2/c1-6-26(21-15(4)31-22(25-21)16-7-9-17(24)10-8-16)32(28,29)18-11-12-19(14(2)3)20(13-18)23(27)30-5/h7-14H,6H2,1-5H3. The Kier molecular flexibility index (Phi) is 7.00. The number of ether oxygens (including phenoxy) is 1. The number of benzene rings is 2. The summed E-state index contributed by atoms with van der Waals surface area (Å²) in [6, 6.07) is 10.4. The molecule has 1 heterocycles. The van der Waals surface area contributed by atoms with E-state index in [4.69, 9.17) is 4.74 Å². The molecule has 1 aromatic heterocycles. The van der Waals surface area contributed by atoms with Gasteiger partial charge in [-0.05, 0) is 61.7 Å². The summed E-state index contributed by atoms with van der Waals surface area (Å²) in [6.45, 7) is 7.50. The van der Waals surface area contributed by atoms with Crippen molar-refractivity contribution in [1.29, 1.82) is 0 Å². The van der Waals surface area contributed by atoms with Crippen LogP contribution < -0.4 is 4.31 Å². The molecule has 0 N–H and O–H groups in total. The number of nitrogens with zero attached hydrogens (tertiary/aromatic N) is 2. The summed E-state index contributed by atoms with van der Waals surface area (Å²) in [5, 5.41) is 0.594. The normalized spacial score (nSPS) is 11.6. The van der Waals surface area contributed by atoms with Gasteiger partial charge in [-0.1, -0.05) is 19.9 Å². The third-order valence-corrected chi connectivity index (χ3v) is 7.90. The Hall–Kier alpha value is -2.78. The molecular formula is C23H25FN2O4S2. The smallest absolute Gasteiger partial charge is 0.338 e. The van der Waals surface area contributed by atoms with Crippen molar-refractivity contribution >= 4 is 33.1 Å². The van der Waals surface area contributed by atoms with Crippen LogP contribution in [-0.4, -0.2) is 33.0 Å². The van der Waals surface area contributed by atoms with Crippen LogP contribution in [-0.2, 0) is 14.8 Å². The van der Waals surface area contributed by atoms with E-state index in [1.54, 1.807) is 32.0 Å². The molecule has 0 aliphatic carbocycles. The zero-order valence-corrected chi connectivity index (χ0v) is 20.2. The van der Waals surface area contributed by atoms with Crippen LogP contribution in [0.3, 0.4) is 0 Å². The maximum Gasteiger partial charge on any atom is 0.338 e. The van der Waals surface area contributed by atoms with Gasteiger partial charge in [0, 0.05) is 17.0 Å². The number of sulfonamides is 1. The average molecular weight is 477 g/mol. The topological polar surface area (TPSA) is 76.6 Å². The molecule has 0 saturated carbocycles. The number of hydrogen-bond acceptors (Lipinski definition) is 6. The molecule has 2 aromatic carbocycles. The van der Waals surface area contributed by atoms with Crippen molar-refractivity contribution in [2.75, 3.05) is 18.0 Å². The largest absolute Gasteiger partial charge is 0.465 e. The number of aryl methyl sites for hydroxylation is 1. The van der Waals surface area contributed by atoms with Gasteiger partial charge in [0.25, 0.3) is 10.0 Å². The molecule has 0 amide bonds. The van der Waals surface area contributed by atoms with E-state index in [1.807, 2.05) is 13.8 Å². The Morgan fingerprint density at radius 2 is 1.84 bits per heavy atom. The fourth-order valence-electron chi connectivity index (χ4n) is 3.38. The minimum absolute atomic E-state index is 0.0140. The molecule has 0 aliphatic rings. The minimum Gasteiger partial charge on any atom is -0.465 e. The molecule has 0 fully saturated rings. The molecule has 0 bridgehead atoms. The lowest BCUT2D eigenvalue weighted by atomic mass is 9.97. The summed E-state index contributed by atoms with van der Waals surface area (Å²) in [6.07, 6.45) is 0. The molecule has 32 heavy (non-hydrogen) atoms. The van der Waals surface area contributed by atoms with E-state index in [2.05, 4.69) is 4.98 Å². The fraction of sp³-hybridized carbons (Fsp3) is 0.304. The molecule has 6 nitrogen and oxygen atoms in total. The number of carbonyl (C=O) groups excluding carboxylic acids is 1. The molecule has 0 unspecified atom stereocenters. The molecule has 0 atom stereocenters. The molecule has 9 heteroatoms. The number of thiazole rings is 1. The highest BCUT2D eigenvalue weighted by Crippen LogP contribution is 2.35. The van der Waals surface area contributed by atoms with Crippen LogP contribution >= 0.6 is 11.3 Å². The zero-order chi connectivity index (χ0) is 23.6. The van der Waals surface area contributed by atoms with Crippen LogP contribution in [0.5, 0.6) is 0 Å². The van der Waals surface area contributed by atoms with Gasteiger partial charge in [0.15, 0.2) is 5.82 Å². The van der Waals surface area contributed by atoms with Gasteiger partial charge in [-0.25, -0.2) is 26.9 Å². The monoisotopic (exact) mass is 476 g/mol. The SMILES string of the molecule is CCN(c1nc(-c2ccc(F)cc2)sc1C)S(=O)(=O)c1ccc(C(C)C)c(C(=O)OC)c1. The number of halogens is 1. The van der Waals surface area contributed by atoms with Gasteiger partial charge in [-0.2, -0.15) is 0 Å². The van der Waals surface area contributed by atoms with Crippen LogP contribution in [0.2, 0.25) is 0 Å². The Morgan fingerprint density at radius 3 is 2.41 bits per heavy atom. The first-order valence-corrected chi connectivity index (χ1v) is 12.3. The highest BCUT2D eigenvalue weighted by atomic mass is 32.2. The number of carbonyl (C=O) groups is 1. The minimum atomic E-state index is -4.00. The molecular weight excluding hydrogens is 451 g/mol. The molecule has 0 spiro atoms. The van der Waals surface area contributed by atoms with Crippen LogP contribution in [0.1, 0.15) is 47.5 Å². The quantitative estimate of drug-likeness (QED) is 0.428. The van der Waals surface area contributed by atoms with Gasteiger partial charge >= 0.3 is 5.97 Å². The second-order valence-electron chi connectivity index (χ2n) is 7.47. The Morgan fingerprint density at radius 1 is 1.19 bits per heavy atom. The second kappa shape index (κ2) is 9.38. The second-order valence-corrected chi connectivity index (χ2v) is 10.5. The van der Waals surface area contributed by atoms with E-state index in [1.165, 1.54) is 47.0 Å². The van der Waals surface area contributed by atoms with E-state index in [-0.39, 0.29) is 28.7 Å². The number of anilines is 1. The molecule has 3 rings (SSSR count). The molecule has 3 aromatic rings. The molecule has 0 radical (unpaired) electrons. The van der Waals surface area contributed by atoms with Gasteiger partial charge in [0.1, 0.15) is 10.8 Å². The van der Waals surface area contributed by atoms with Gasteiger partial charge < -0.3 is 4.74 Å². The van der Waals surface area contributed by atoms with Crippen molar-refractivity contribution in [2.24, 2.45) is 0 Å². The van der Waals surface area contributed by atoms with Crippen LogP contribution in [0.4, 0.5) is 10.2 Å². The predicted molar refractivity (Wildman–Crippen MR) is 124 cm³/mol. The lowest BCUT2D eigenvalue weighted by Gasteiger charge is -2.22. The van der Waals surface area contributed by atoms with Crippen LogP contribution in [0.25, 0.3) is 10.6 Å². The lowest BCUT2D eigenvalue weighted by molar-refractivity contribution is 0.0598. The fourth-order valence-corrected chi connectivity index (χ4v) is 5.87. The third kappa shape index (κ3) is 4.54. The number of esters is 1. The maximum absolute atomic E-state index is 13.5. The van der Waals surface area contributed by atoms with Gasteiger partial charge in [-0.3, -0.25) is 0 Å². The van der Waals surface area contributed by atoms with Gasteiger partial charge in [-0.15, -0.1) is 11.3 Å². The van der Waals surface area contributed by atoms with E-state index in [0.29, 0.717) is 26.8 Å². The summed E-state index contributed by atoms with van der Waals surface area (Å²) in [5.74, 6) is -0.616. The van der Waals surface area contributed by atoms with Gasteiger partial charge in [0.2, 0.25) is 0 Å². The molecule has 0 aliphatic heterocycles. The average Bonchev–Trinajstić information content (AvgIpc) is 3.14. The van der Waals surface area contributed by atoms with Crippen molar-refractivity contribution in [2.45, 2.75) is 38.5 Å². The van der Waals surface area contributed by atoms with E-state index in [0.717, 1.165) is 0 Å². The van der Waals surface area contributed by atoms with Crippen molar-refractivity contribution in [1.82, 2.24) is 4.98 Å². The van der Waals surface area contributed by atoms with Gasteiger partial charge in [0.05, 0.1) is 17.6 Å². The maximum atomic E-state index is 13.5. The first-order valence-electron chi connectivity index (χ1n) is 10.1. The summed E-state index contributed by atoms with van der Waals surface area (Å²) >= 11 is 1.33. The predicted octanol–water partition coefficient (Wildman–Crippen LogP) is 5.38. The van der Waals surface area contributed by atoms with Crippen molar-refractivity contribution < 1.29 is 22.3 Å². The van der Waals surface area contributed by atoms with E-state index < -0.39 is 16.0 Å². The van der Waals surface area contributed by atoms with Crippen molar-refractivity contribution in [3.63, 3.8) is 0 Å². The first kappa shape index (κ1) is 23.9. The number of aromatic nitrogens is 1. The van der Waals surface area contributed by atoms with E-state index in [9.17, 15) is 17.6 Å². The summed E-state index contributed by atoms with van der Waals surface area (Å²) in [5.41, 5.74) is 1.64. The van der Waals surface area contributed by atoms with Crippen LogP contribution in [0, 0.1) is 12.7 Å². The van der Waals surface area contributed by atoms with Crippen molar-refractivity contribution in [3.8, 4) is 10.6 Å². The highest BCUT2D eigenvalue weighted by molar-refractivity contribution is 7.92. The number of methoxy groups -OCH3 is 1.